The van der Waals surface area contributed by atoms with E-state index in [4.69, 9.17) is 17.2 Å². The monoisotopic (exact) mass is 384 g/mol. The molecule has 0 unspecified atom stereocenters. The summed E-state index contributed by atoms with van der Waals surface area (Å²) in [6, 6.07) is 6.85. The van der Waals surface area contributed by atoms with Crippen LogP contribution in [0.1, 0.15) is 37.8 Å². The molecule has 0 saturated carbocycles. The number of piperidine rings is 1. The van der Waals surface area contributed by atoms with Crippen LogP contribution >= 0.6 is 0 Å². The third-order valence-corrected chi connectivity index (χ3v) is 4.67. The molecule has 0 radical (unpaired) electrons. The lowest BCUT2D eigenvalue weighted by Crippen LogP contribution is -2.28. The Morgan fingerprint density at radius 1 is 1.21 bits per heavy atom. The van der Waals surface area contributed by atoms with E-state index in [-0.39, 0.29) is 11.6 Å². The molecule has 1 aromatic heterocycles. The largest absolute Gasteiger partial charge is 0.507 e. The third-order valence-electron chi connectivity index (χ3n) is 4.67. The van der Waals surface area contributed by atoms with Gasteiger partial charge in [0.25, 0.3) is 0 Å². The van der Waals surface area contributed by atoms with Gasteiger partial charge in [0.2, 0.25) is 0 Å². The number of phenols is 1. The molecule has 1 fully saturated rings. The lowest BCUT2D eigenvalue weighted by molar-refractivity contribution is 0.372. The van der Waals surface area contributed by atoms with Crippen LogP contribution in [0.4, 0.5) is 0 Å². The number of nitrogens with two attached hydrogens (primary N) is 3. The van der Waals surface area contributed by atoms with Gasteiger partial charge in [-0.1, -0.05) is 26.0 Å². The first-order valence-electron chi connectivity index (χ1n) is 9.80. The molecule has 3 rings (SSSR count). The number of para-hydroxylation sites is 1. The Morgan fingerprint density at radius 3 is 2.54 bits per heavy atom. The van der Waals surface area contributed by atoms with E-state index in [1.165, 1.54) is 12.8 Å². The number of nitrogens with zero attached hydrogens (tertiary/aromatic N) is 2. The predicted molar refractivity (Wildman–Crippen MR) is 115 cm³/mol. The second-order valence-electron chi connectivity index (χ2n) is 6.65. The lowest BCUT2D eigenvalue weighted by Gasteiger charge is -2.21. The standard InChI is InChI=1S/C19H26N6O.C2H6/c20-16(15-3-1-2-4-18(15)26)10-17(19(21)22)25-12-14(11-24-25)9-13-5-7-23-8-6-13;1-2/h1-4,10-13,23,26H,5-9,20-22H2;1-2H3/b16-10-;. The predicted octanol–water partition coefficient (Wildman–Crippen LogP) is 2.20. The fraction of sp³-hybridized carbons (Fsp3) is 0.381. The topological polar surface area (TPSA) is 128 Å². The third kappa shape index (κ3) is 5.53. The van der Waals surface area contributed by atoms with E-state index >= 15 is 0 Å². The van der Waals surface area contributed by atoms with Crippen LogP contribution in [-0.4, -0.2) is 28.0 Å². The molecule has 0 amide bonds. The van der Waals surface area contributed by atoms with Crippen molar-refractivity contribution in [3.05, 3.63) is 59.7 Å². The number of aromatic hydroxyl groups is 1. The number of phenolic OH excluding ortho intramolecular Hbond substituents is 1. The highest BCUT2D eigenvalue weighted by atomic mass is 16.3. The lowest BCUT2D eigenvalue weighted by atomic mass is 9.92. The first kappa shape index (κ1) is 21.4. The Labute approximate surface area is 166 Å². The van der Waals surface area contributed by atoms with Crippen LogP contribution in [0.15, 0.2) is 48.6 Å². The van der Waals surface area contributed by atoms with Crippen LogP contribution in [0.25, 0.3) is 11.4 Å². The Morgan fingerprint density at radius 2 is 1.89 bits per heavy atom. The molecular weight excluding hydrogens is 352 g/mol. The highest BCUT2D eigenvalue weighted by molar-refractivity contribution is 5.77. The summed E-state index contributed by atoms with van der Waals surface area (Å²) < 4.78 is 1.64. The van der Waals surface area contributed by atoms with Crippen molar-refractivity contribution >= 4 is 11.4 Å². The number of rotatable bonds is 5. The van der Waals surface area contributed by atoms with Crippen LogP contribution in [0.2, 0.25) is 0 Å². The quantitative estimate of drug-likeness (QED) is 0.503. The smallest absolute Gasteiger partial charge is 0.124 e. The van der Waals surface area contributed by atoms with E-state index in [1.54, 1.807) is 35.0 Å². The normalized spacial score (nSPS) is 14.9. The fourth-order valence-corrected chi connectivity index (χ4v) is 3.24. The van der Waals surface area contributed by atoms with Crippen molar-refractivity contribution in [1.29, 1.82) is 0 Å². The van der Waals surface area contributed by atoms with Crippen molar-refractivity contribution in [2.24, 2.45) is 23.1 Å². The molecular formula is C21H32N6O. The van der Waals surface area contributed by atoms with Gasteiger partial charge in [0, 0.05) is 17.5 Å². The maximum Gasteiger partial charge on any atom is 0.124 e. The Balaban J connectivity index is 0.00000136. The van der Waals surface area contributed by atoms with Gasteiger partial charge in [-0.2, -0.15) is 5.10 Å². The second-order valence-corrected chi connectivity index (χ2v) is 6.65. The minimum absolute atomic E-state index is 0.100. The molecule has 152 valence electrons. The van der Waals surface area contributed by atoms with Gasteiger partial charge in [0.05, 0.1) is 6.20 Å². The molecule has 7 nitrogen and oxygen atoms in total. The summed E-state index contributed by atoms with van der Waals surface area (Å²) >= 11 is 0. The number of aromatic nitrogens is 2. The van der Waals surface area contributed by atoms with Crippen molar-refractivity contribution in [3.63, 3.8) is 0 Å². The van der Waals surface area contributed by atoms with E-state index < -0.39 is 0 Å². The number of hydrogen-bond acceptors (Lipinski definition) is 6. The Hall–Kier alpha value is -2.93. The van der Waals surface area contributed by atoms with Gasteiger partial charge >= 0.3 is 0 Å². The zero-order chi connectivity index (χ0) is 20.5. The molecule has 1 aliphatic heterocycles. The van der Waals surface area contributed by atoms with Crippen LogP contribution < -0.4 is 22.5 Å². The summed E-state index contributed by atoms with van der Waals surface area (Å²) in [4.78, 5) is 0. The highest BCUT2D eigenvalue weighted by Gasteiger charge is 2.15. The van der Waals surface area contributed by atoms with Gasteiger partial charge < -0.3 is 27.6 Å². The molecule has 2 heterocycles. The van der Waals surface area contributed by atoms with Crippen molar-refractivity contribution in [3.8, 4) is 5.75 Å². The van der Waals surface area contributed by atoms with Crippen LogP contribution in [0.3, 0.4) is 0 Å². The van der Waals surface area contributed by atoms with E-state index in [1.807, 2.05) is 26.2 Å². The Kier molecular flexibility index (Phi) is 7.95. The first-order valence-corrected chi connectivity index (χ1v) is 9.80. The van der Waals surface area contributed by atoms with Gasteiger partial charge in [0.15, 0.2) is 0 Å². The number of benzene rings is 1. The van der Waals surface area contributed by atoms with Crippen molar-refractivity contribution in [2.75, 3.05) is 13.1 Å². The summed E-state index contributed by atoms with van der Waals surface area (Å²) in [7, 11) is 0. The summed E-state index contributed by atoms with van der Waals surface area (Å²) in [5.41, 5.74) is 20.4. The molecule has 1 aromatic carbocycles. The van der Waals surface area contributed by atoms with E-state index in [2.05, 4.69) is 10.4 Å². The summed E-state index contributed by atoms with van der Waals surface area (Å²) in [6.07, 6.45) is 8.74. The summed E-state index contributed by atoms with van der Waals surface area (Å²) in [5, 5.41) is 17.7. The van der Waals surface area contributed by atoms with Crippen molar-refractivity contribution in [1.82, 2.24) is 15.1 Å². The molecule has 0 bridgehead atoms. The van der Waals surface area contributed by atoms with Gasteiger partial charge in [0.1, 0.15) is 17.3 Å². The van der Waals surface area contributed by atoms with E-state index in [0.717, 1.165) is 25.1 Å². The van der Waals surface area contributed by atoms with Gasteiger partial charge in [-0.05, 0) is 62.0 Å². The number of allylic oxidation sites excluding steroid dienone is 2. The van der Waals surface area contributed by atoms with Crippen molar-refractivity contribution in [2.45, 2.75) is 33.1 Å². The summed E-state index contributed by atoms with van der Waals surface area (Å²) in [5.74, 6) is 0.876. The Bertz CT molecular complexity index is 814. The zero-order valence-corrected chi connectivity index (χ0v) is 16.7. The average molecular weight is 385 g/mol. The van der Waals surface area contributed by atoms with Crippen LogP contribution in [0.5, 0.6) is 5.75 Å². The molecule has 0 spiro atoms. The number of nitrogens with one attached hydrogen (secondary N) is 1. The van der Waals surface area contributed by atoms with E-state index in [0.29, 0.717) is 22.9 Å². The van der Waals surface area contributed by atoms with Gasteiger partial charge in [-0.25, -0.2) is 4.68 Å². The molecule has 0 atom stereocenters. The second kappa shape index (κ2) is 10.4. The van der Waals surface area contributed by atoms with E-state index in [9.17, 15) is 5.11 Å². The van der Waals surface area contributed by atoms with Gasteiger partial charge in [-0.15, -0.1) is 0 Å². The molecule has 1 saturated heterocycles. The minimum atomic E-state index is 0.100. The van der Waals surface area contributed by atoms with Crippen LogP contribution in [-0.2, 0) is 6.42 Å². The molecule has 28 heavy (non-hydrogen) atoms. The molecule has 1 aliphatic rings. The SMILES string of the molecule is CC.NC(N)=C(/C=C(\N)c1ccccc1O)n1cc(CC2CCNCC2)cn1. The molecule has 7 heteroatoms. The summed E-state index contributed by atoms with van der Waals surface area (Å²) in [6.45, 7) is 6.14. The maximum absolute atomic E-state index is 9.96. The molecule has 8 N–H and O–H groups in total. The maximum atomic E-state index is 9.96. The molecule has 2 aromatic rings. The first-order chi connectivity index (χ1) is 13.5. The van der Waals surface area contributed by atoms with Crippen LogP contribution in [0, 0.1) is 5.92 Å². The average Bonchev–Trinajstić information content (AvgIpc) is 3.16. The highest BCUT2D eigenvalue weighted by Crippen LogP contribution is 2.24. The minimum Gasteiger partial charge on any atom is -0.507 e. The molecule has 0 aliphatic carbocycles. The zero-order valence-electron chi connectivity index (χ0n) is 16.7. The number of hydrogen-bond donors (Lipinski definition) is 5. The van der Waals surface area contributed by atoms with Crippen molar-refractivity contribution < 1.29 is 5.11 Å². The fourth-order valence-electron chi connectivity index (χ4n) is 3.24. The van der Waals surface area contributed by atoms with Gasteiger partial charge in [-0.3, -0.25) is 0 Å².